The van der Waals surface area contributed by atoms with Gasteiger partial charge in [0.05, 0.1) is 12.7 Å². The van der Waals surface area contributed by atoms with Gasteiger partial charge in [0.1, 0.15) is 5.75 Å². The van der Waals surface area contributed by atoms with E-state index in [-0.39, 0.29) is 11.3 Å². The Morgan fingerprint density at radius 3 is 1.88 bits per heavy atom. The van der Waals surface area contributed by atoms with E-state index in [1.807, 2.05) is 30.3 Å². The highest BCUT2D eigenvalue weighted by molar-refractivity contribution is 5.83. The maximum absolute atomic E-state index is 13.5. The molecule has 0 aliphatic carbocycles. The van der Waals surface area contributed by atoms with Crippen LogP contribution in [0.1, 0.15) is 5.69 Å². The van der Waals surface area contributed by atoms with Gasteiger partial charge in [-0.2, -0.15) is 13.2 Å². The zero-order chi connectivity index (χ0) is 17.2. The van der Waals surface area contributed by atoms with Gasteiger partial charge in [-0.15, -0.1) is 0 Å². The molecule has 0 spiro atoms. The molecule has 0 fully saturated rings. The van der Waals surface area contributed by atoms with Crippen LogP contribution in [0.4, 0.5) is 13.2 Å². The monoisotopic (exact) mass is 329 g/mol. The van der Waals surface area contributed by atoms with E-state index in [9.17, 15) is 13.2 Å². The summed E-state index contributed by atoms with van der Waals surface area (Å²) in [5.41, 5.74) is 0.668. The van der Waals surface area contributed by atoms with Gasteiger partial charge in [0.15, 0.2) is 5.69 Å². The Morgan fingerprint density at radius 2 is 1.38 bits per heavy atom. The lowest BCUT2D eigenvalue weighted by atomic mass is 9.97. The van der Waals surface area contributed by atoms with E-state index < -0.39 is 11.9 Å². The molecule has 0 amide bonds. The molecule has 2 nitrogen and oxygen atoms in total. The summed E-state index contributed by atoms with van der Waals surface area (Å²) in [6, 6.07) is 17.4. The topological polar surface area (TPSA) is 22.1 Å². The Bertz CT molecular complexity index is 830. The average molecular weight is 329 g/mol. The Balaban J connectivity index is 2.34. The largest absolute Gasteiger partial charge is 0.495 e. The predicted octanol–water partition coefficient (Wildman–Crippen LogP) is 5.44. The smallest absolute Gasteiger partial charge is 0.434 e. The molecule has 1 aromatic heterocycles. The van der Waals surface area contributed by atoms with Crippen molar-refractivity contribution in [3.05, 3.63) is 72.6 Å². The van der Waals surface area contributed by atoms with Crippen molar-refractivity contribution in [2.75, 3.05) is 7.11 Å². The second-order valence-electron chi connectivity index (χ2n) is 5.16. The van der Waals surface area contributed by atoms with Crippen LogP contribution in [0.5, 0.6) is 5.75 Å². The van der Waals surface area contributed by atoms with Crippen molar-refractivity contribution in [3.8, 4) is 28.0 Å². The Hall–Kier alpha value is -2.82. The molecular weight excluding hydrogens is 315 g/mol. The lowest BCUT2D eigenvalue weighted by Crippen LogP contribution is -2.11. The fraction of sp³-hybridized carbons (Fsp3) is 0.105. The predicted molar refractivity (Wildman–Crippen MR) is 86.7 cm³/mol. The molecule has 0 saturated carbocycles. The van der Waals surface area contributed by atoms with Crippen LogP contribution in [0.15, 0.2) is 66.9 Å². The summed E-state index contributed by atoms with van der Waals surface area (Å²) in [6.45, 7) is 0. The van der Waals surface area contributed by atoms with Crippen molar-refractivity contribution in [1.29, 1.82) is 0 Å². The molecule has 0 unspecified atom stereocenters. The van der Waals surface area contributed by atoms with Gasteiger partial charge in [-0.3, -0.25) is 4.98 Å². The van der Waals surface area contributed by atoms with Gasteiger partial charge in [-0.1, -0.05) is 60.7 Å². The lowest BCUT2D eigenvalue weighted by Gasteiger charge is -2.18. The maximum atomic E-state index is 13.5. The van der Waals surface area contributed by atoms with Gasteiger partial charge in [-0.25, -0.2) is 0 Å². The fourth-order valence-electron chi connectivity index (χ4n) is 2.62. The number of ether oxygens (including phenoxy) is 1. The van der Waals surface area contributed by atoms with Gasteiger partial charge >= 0.3 is 6.18 Å². The van der Waals surface area contributed by atoms with Crippen LogP contribution in [0.3, 0.4) is 0 Å². The summed E-state index contributed by atoms with van der Waals surface area (Å²) >= 11 is 0. The third kappa shape index (κ3) is 2.97. The van der Waals surface area contributed by atoms with Crippen molar-refractivity contribution in [2.45, 2.75) is 6.18 Å². The molecule has 0 aliphatic heterocycles. The number of alkyl halides is 3. The maximum Gasteiger partial charge on any atom is 0.434 e. The number of pyridine rings is 1. The molecule has 0 radical (unpaired) electrons. The van der Waals surface area contributed by atoms with Gasteiger partial charge in [0.25, 0.3) is 0 Å². The van der Waals surface area contributed by atoms with Crippen LogP contribution >= 0.6 is 0 Å². The standard InChI is InChI=1S/C19H14F3NO/c1-24-17-15(13-8-4-2-5-9-13)12-23-18(19(20,21)22)16(17)14-10-6-3-7-11-14/h2-12H,1H3. The summed E-state index contributed by atoms with van der Waals surface area (Å²) < 4.78 is 45.8. The van der Waals surface area contributed by atoms with E-state index in [4.69, 9.17) is 4.74 Å². The highest BCUT2D eigenvalue weighted by Crippen LogP contribution is 2.45. The highest BCUT2D eigenvalue weighted by atomic mass is 19.4. The molecule has 0 bridgehead atoms. The first-order valence-electron chi connectivity index (χ1n) is 7.27. The van der Waals surface area contributed by atoms with Gasteiger partial charge in [-0.05, 0) is 11.1 Å². The van der Waals surface area contributed by atoms with Gasteiger partial charge in [0.2, 0.25) is 0 Å². The Labute approximate surface area is 137 Å². The van der Waals surface area contributed by atoms with Crippen molar-refractivity contribution in [1.82, 2.24) is 4.98 Å². The van der Waals surface area contributed by atoms with Crippen molar-refractivity contribution in [2.24, 2.45) is 0 Å². The van der Waals surface area contributed by atoms with Crippen LogP contribution in [0.25, 0.3) is 22.3 Å². The summed E-state index contributed by atoms with van der Waals surface area (Å²) in [5.74, 6) is 0.162. The van der Waals surface area contributed by atoms with Crippen molar-refractivity contribution >= 4 is 0 Å². The number of hydrogen-bond donors (Lipinski definition) is 0. The number of methoxy groups -OCH3 is 1. The van der Waals surface area contributed by atoms with E-state index in [1.54, 1.807) is 30.3 Å². The van der Waals surface area contributed by atoms with E-state index in [2.05, 4.69) is 4.98 Å². The zero-order valence-electron chi connectivity index (χ0n) is 12.8. The summed E-state index contributed by atoms with van der Waals surface area (Å²) in [7, 11) is 1.37. The molecule has 3 rings (SSSR count). The quantitative estimate of drug-likeness (QED) is 0.638. The van der Waals surface area contributed by atoms with Crippen LogP contribution in [-0.2, 0) is 6.18 Å². The number of benzene rings is 2. The lowest BCUT2D eigenvalue weighted by molar-refractivity contribution is -0.140. The van der Waals surface area contributed by atoms with E-state index in [0.717, 1.165) is 5.56 Å². The normalized spacial score (nSPS) is 11.3. The first kappa shape index (κ1) is 16.1. The molecule has 5 heteroatoms. The molecule has 1 heterocycles. The van der Waals surface area contributed by atoms with Gasteiger partial charge in [0, 0.05) is 11.8 Å². The molecule has 0 atom stereocenters. The fourth-order valence-corrected chi connectivity index (χ4v) is 2.62. The summed E-state index contributed by atoms with van der Waals surface area (Å²) in [6.07, 6.45) is -3.36. The molecule has 122 valence electrons. The van der Waals surface area contributed by atoms with Gasteiger partial charge < -0.3 is 4.74 Å². The Morgan fingerprint density at radius 1 is 0.833 bits per heavy atom. The van der Waals surface area contributed by atoms with Crippen LogP contribution in [-0.4, -0.2) is 12.1 Å². The SMILES string of the molecule is COc1c(-c2ccccc2)cnc(C(F)(F)F)c1-c1ccccc1. The molecular formula is C19H14F3NO. The first-order chi connectivity index (χ1) is 11.5. The van der Waals surface area contributed by atoms with Crippen LogP contribution in [0, 0.1) is 0 Å². The van der Waals surface area contributed by atoms with Crippen LogP contribution < -0.4 is 4.74 Å². The van der Waals surface area contributed by atoms with Crippen LogP contribution in [0.2, 0.25) is 0 Å². The zero-order valence-corrected chi connectivity index (χ0v) is 12.8. The van der Waals surface area contributed by atoms with E-state index in [0.29, 0.717) is 11.1 Å². The highest BCUT2D eigenvalue weighted by Gasteiger charge is 2.38. The molecule has 0 N–H and O–H groups in total. The minimum absolute atomic E-state index is 0.0491. The summed E-state index contributed by atoms with van der Waals surface area (Å²) in [5, 5.41) is 0. The molecule has 0 aliphatic rings. The van der Waals surface area contributed by atoms with E-state index >= 15 is 0 Å². The number of halogens is 3. The third-order valence-corrected chi connectivity index (χ3v) is 3.65. The minimum Gasteiger partial charge on any atom is -0.495 e. The number of aromatic nitrogens is 1. The number of nitrogens with zero attached hydrogens (tertiary/aromatic N) is 1. The molecule has 3 aromatic rings. The molecule has 0 saturated heterocycles. The molecule has 24 heavy (non-hydrogen) atoms. The minimum atomic E-state index is -4.58. The van der Waals surface area contributed by atoms with Crippen molar-refractivity contribution in [3.63, 3.8) is 0 Å². The second kappa shape index (κ2) is 6.35. The number of rotatable bonds is 3. The summed E-state index contributed by atoms with van der Waals surface area (Å²) in [4.78, 5) is 3.71. The average Bonchev–Trinajstić information content (AvgIpc) is 2.61. The second-order valence-corrected chi connectivity index (χ2v) is 5.16. The Kier molecular flexibility index (Phi) is 4.25. The van der Waals surface area contributed by atoms with Crippen molar-refractivity contribution < 1.29 is 17.9 Å². The number of hydrogen-bond acceptors (Lipinski definition) is 2. The first-order valence-corrected chi connectivity index (χ1v) is 7.27. The van der Waals surface area contributed by atoms with E-state index in [1.165, 1.54) is 13.3 Å². The third-order valence-electron chi connectivity index (χ3n) is 3.65. The molecule has 2 aromatic carbocycles.